The highest BCUT2D eigenvalue weighted by Crippen LogP contribution is 2.38. The summed E-state index contributed by atoms with van der Waals surface area (Å²) in [7, 11) is -3.41. The van der Waals surface area contributed by atoms with Gasteiger partial charge in [-0.05, 0) is 66.1 Å². The molecule has 1 fully saturated rings. The Morgan fingerprint density at radius 2 is 1.60 bits per heavy atom. The number of aliphatic hydroxyl groups is 1. The van der Waals surface area contributed by atoms with Crippen molar-refractivity contribution in [2.75, 3.05) is 30.4 Å². The van der Waals surface area contributed by atoms with Gasteiger partial charge < -0.3 is 20.1 Å². The minimum Gasteiger partial charge on any atom is -0.394 e. The average molecular weight is 655 g/mol. The van der Waals surface area contributed by atoms with Gasteiger partial charge in [-0.15, -0.1) is 0 Å². The summed E-state index contributed by atoms with van der Waals surface area (Å²) in [6.45, 7) is 2.42. The van der Waals surface area contributed by atoms with Crippen LogP contribution < -0.4 is 10.2 Å². The van der Waals surface area contributed by atoms with E-state index in [1.165, 1.54) is 50.2 Å². The summed E-state index contributed by atoms with van der Waals surface area (Å²) < 4.78 is 96.2. The Hall–Kier alpha value is -3.55. The topological polar surface area (TPSA) is 95.9 Å². The average Bonchev–Trinajstić information content (AvgIpc) is 3.47. The van der Waals surface area contributed by atoms with Crippen LogP contribution in [0.3, 0.4) is 0 Å². The van der Waals surface area contributed by atoms with E-state index in [1.54, 1.807) is 24.3 Å². The minimum atomic E-state index is -4.48. The monoisotopic (exact) mass is 654 g/mol. The van der Waals surface area contributed by atoms with Gasteiger partial charge >= 0.3 is 12.3 Å². The molecule has 1 saturated heterocycles. The molecule has 2 N–H and O–H groups in total. The molecule has 0 radical (unpaired) electrons. The lowest BCUT2D eigenvalue weighted by molar-refractivity contribution is -0.241. The van der Waals surface area contributed by atoms with Crippen LogP contribution in [0.15, 0.2) is 77.7 Å². The van der Waals surface area contributed by atoms with Crippen LogP contribution >= 0.6 is 0 Å². The predicted octanol–water partition coefficient (Wildman–Crippen LogP) is 6.34. The van der Waals surface area contributed by atoms with Crippen molar-refractivity contribution in [3.63, 3.8) is 0 Å². The molecule has 0 saturated carbocycles. The first-order valence-corrected chi connectivity index (χ1v) is 16.1. The molecule has 1 aliphatic rings. The SMILES string of the molecule is CCC(F)(F)OC[C@@H]1CC(c2ccc(C(F)(F)F)cc2)CN1c1ccc(C(=O)N[C@@H](CO)c2ccc(S(=O)(=O)CC)cc2)cc1. The van der Waals surface area contributed by atoms with E-state index in [0.717, 1.165) is 12.1 Å². The van der Waals surface area contributed by atoms with Gasteiger partial charge in [0, 0.05) is 30.1 Å². The van der Waals surface area contributed by atoms with E-state index in [4.69, 9.17) is 4.74 Å². The fraction of sp³-hybridized carbons (Fsp3) is 0.406. The molecule has 1 unspecified atom stereocenters. The van der Waals surface area contributed by atoms with Gasteiger partial charge in [-0.2, -0.15) is 22.0 Å². The third-order valence-corrected chi connectivity index (χ3v) is 9.74. The number of amides is 1. The maximum atomic E-state index is 14.0. The molecule has 244 valence electrons. The number of benzene rings is 3. The second-order valence-corrected chi connectivity index (χ2v) is 13.2. The number of alkyl halides is 5. The number of nitrogens with one attached hydrogen (secondary N) is 1. The summed E-state index contributed by atoms with van der Waals surface area (Å²) >= 11 is 0. The highest BCUT2D eigenvalue weighted by Gasteiger charge is 2.37. The highest BCUT2D eigenvalue weighted by molar-refractivity contribution is 7.91. The third kappa shape index (κ3) is 8.39. The van der Waals surface area contributed by atoms with Crippen molar-refractivity contribution >= 4 is 21.4 Å². The molecule has 0 aliphatic carbocycles. The van der Waals surface area contributed by atoms with E-state index in [2.05, 4.69) is 5.32 Å². The molecule has 0 bridgehead atoms. The van der Waals surface area contributed by atoms with Crippen molar-refractivity contribution in [2.45, 2.75) is 61.9 Å². The van der Waals surface area contributed by atoms with E-state index in [-0.39, 0.29) is 28.7 Å². The molecule has 1 aliphatic heterocycles. The Kier molecular flexibility index (Phi) is 10.6. The maximum absolute atomic E-state index is 14.0. The number of halogens is 5. The number of nitrogens with zero attached hydrogens (tertiary/aromatic N) is 1. The van der Waals surface area contributed by atoms with Crippen LogP contribution in [0.25, 0.3) is 0 Å². The Morgan fingerprint density at radius 3 is 2.13 bits per heavy atom. The van der Waals surface area contributed by atoms with Crippen molar-refractivity contribution < 1.29 is 45.0 Å². The standard InChI is InChI=1S/C32H35F5N2O5S/c1-3-31(33,34)44-20-27-17-24(21-5-11-25(12-6-21)32(35,36)37)18-39(27)26-13-7-23(8-14-26)30(41)38-29(19-40)22-9-15-28(16-10-22)45(42,43)4-2/h5-16,24,27,29,40H,3-4,17-20H2,1-2H3,(H,38,41)/t24?,27-,29-/m0/s1. The number of aliphatic hydroxyl groups excluding tert-OH is 1. The Balaban J connectivity index is 1.50. The molecule has 0 spiro atoms. The summed E-state index contributed by atoms with van der Waals surface area (Å²) in [4.78, 5) is 15.0. The zero-order chi connectivity index (χ0) is 33.0. The molecule has 3 atom stereocenters. The summed E-state index contributed by atoms with van der Waals surface area (Å²) in [5, 5.41) is 12.6. The first kappa shape index (κ1) is 34.3. The lowest BCUT2D eigenvalue weighted by Gasteiger charge is -2.28. The van der Waals surface area contributed by atoms with Gasteiger partial charge in [0.1, 0.15) is 0 Å². The second-order valence-electron chi connectivity index (χ2n) is 10.9. The molecular formula is C32H35F5N2O5S. The number of rotatable bonds is 12. The zero-order valence-corrected chi connectivity index (χ0v) is 25.5. The van der Waals surface area contributed by atoms with E-state index < -0.39 is 58.7 Å². The van der Waals surface area contributed by atoms with Crippen LogP contribution in [-0.4, -0.2) is 57.1 Å². The Labute approximate surface area is 258 Å². The van der Waals surface area contributed by atoms with Crippen LogP contribution in [0.4, 0.5) is 27.6 Å². The molecule has 1 amide bonds. The van der Waals surface area contributed by atoms with Crippen molar-refractivity contribution in [1.29, 1.82) is 0 Å². The molecular weight excluding hydrogens is 619 g/mol. The number of anilines is 1. The van der Waals surface area contributed by atoms with Crippen molar-refractivity contribution in [3.8, 4) is 0 Å². The summed E-state index contributed by atoms with van der Waals surface area (Å²) in [6, 6.07) is 15.8. The number of carbonyl (C=O) groups excluding carboxylic acids is 1. The van der Waals surface area contributed by atoms with Gasteiger partial charge in [-0.25, -0.2) is 8.42 Å². The van der Waals surface area contributed by atoms with E-state index in [1.807, 2.05) is 4.90 Å². The molecule has 3 aromatic rings. The molecule has 4 rings (SSSR count). The van der Waals surface area contributed by atoms with Gasteiger partial charge in [0.05, 0.1) is 41.5 Å². The number of ether oxygens (including phenoxy) is 1. The van der Waals surface area contributed by atoms with Crippen LogP contribution in [0.5, 0.6) is 0 Å². The fourth-order valence-electron chi connectivity index (χ4n) is 5.25. The maximum Gasteiger partial charge on any atom is 0.416 e. The van der Waals surface area contributed by atoms with Crippen LogP contribution in [-0.2, 0) is 20.8 Å². The highest BCUT2D eigenvalue weighted by atomic mass is 32.2. The van der Waals surface area contributed by atoms with Crippen molar-refractivity contribution in [2.24, 2.45) is 0 Å². The number of hydrogen-bond donors (Lipinski definition) is 2. The quantitative estimate of drug-likeness (QED) is 0.221. The third-order valence-electron chi connectivity index (χ3n) is 7.99. The van der Waals surface area contributed by atoms with Crippen LogP contribution in [0.1, 0.15) is 65.7 Å². The lowest BCUT2D eigenvalue weighted by atomic mass is 9.95. The van der Waals surface area contributed by atoms with Gasteiger partial charge in [0.2, 0.25) is 0 Å². The molecule has 1 heterocycles. The van der Waals surface area contributed by atoms with Crippen molar-refractivity contribution in [1.82, 2.24) is 5.32 Å². The molecule has 0 aromatic heterocycles. The van der Waals surface area contributed by atoms with Crippen LogP contribution in [0, 0.1) is 0 Å². The molecule has 45 heavy (non-hydrogen) atoms. The summed E-state index contributed by atoms with van der Waals surface area (Å²) in [5.41, 5.74) is 1.24. The lowest BCUT2D eigenvalue weighted by Crippen LogP contribution is -2.36. The summed E-state index contributed by atoms with van der Waals surface area (Å²) in [5.74, 6) is -0.810. The minimum absolute atomic E-state index is 0.0609. The van der Waals surface area contributed by atoms with Gasteiger partial charge in [-0.3, -0.25) is 4.79 Å². The van der Waals surface area contributed by atoms with Crippen LogP contribution in [0.2, 0.25) is 0 Å². The molecule has 3 aromatic carbocycles. The fourth-order valence-corrected chi connectivity index (χ4v) is 6.14. The van der Waals surface area contributed by atoms with E-state index >= 15 is 0 Å². The molecule has 13 heteroatoms. The summed E-state index contributed by atoms with van der Waals surface area (Å²) in [6.07, 6.45) is -7.95. The first-order valence-electron chi connectivity index (χ1n) is 14.5. The normalized spacial score (nSPS) is 18.2. The number of hydrogen-bond acceptors (Lipinski definition) is 6. The molecule has 7 nitrogen and oxygen atoms in total. The second kappa shape index (κ2) is 13.8. The Bertz CT molecular complexity index is 1550. The predicted molar refractivity (Wildman–Crippen MR) is 159 cm³/mol. The number of carbonyl (C=O) groups is 1. The largest absolute Gasteiger partial charge is 0.416 e. The van der Waals surface area contributed by atoms with E-state index in [0.29, 0.717) is 29.8 Å². The zero-order valence-electron chi connectivity index (χ0n) is 24.7. The van der Waals surface area contributed by atoms with Gasteiger partial charge in [0.15, 0.2) is 9.84 Å². The number of sulfone groups is 1. The van der Waals surface area contributed by atoms with Crippen molar-refractivity contribution in [3.05, 3.63) is 95.1 Å². The Morgan fingerprint density at radius 1 is 0.978 bits per heavy atom. The van der Waals surface area contributed by atoms with Gasteiger partial charge in [-0.1, -0.05) is 38.1 Å². The van der Waals surface area contributed by atoms with E-state index in [9.17, 15) is 40.3 Å². The first-order chi connectivity index (χ1) is 21.2. The smallest absolute Gasteiger partial charge is 0.394 e. The van der Waals surface area contributed by atoms with Gasteiger partial charge in [0.25, 0.3) is 5.91 Å².